The molecule has 2 atom stereocenters. The Bertz CT molecular complexity index is 579. The lowest BCUT2D eigenvalue weighted by atomic mass is 10.1. The molecule has 0 amide bonds. The molecule has 106 valence electrons. The average molecular weight is 278 g/mol. The first kappa shape index (κ1) is 13.2. The molecule has 2 aromatic rings. The van der Waals surface area contributed by atoms with E-state index < -0.39 is 6.55 Å². The SMILES string of the molecule is CNCc1ccc([C@@H]2C[C@H]2c2ccn(C(F)F)n2)cn1. The van der Waals surface area contributed by atoms with Gasteiger partial charge >= 0.3 is 6.55 Å². The topological polar surface area (TPSA) is 42.7 Å². The normalized spacial score (nSPS) is 21.4. The zero-order chi connectivity index (χ0) is 14.1. The molecule has 3 rings (SSSR count). The predicted molar refractivity (Wildman–Crippen MR) is 70.6 cm³/mol. The van der Waals surface area contributed by atoms with Crippen LogP contribution in [0.5, 0.6) is 0 Å². The lowest BCUT2D eigenvalue weighted by Gasteiger charge is -2.02. The molecule has 1 N–H and O–H groups in total. The Kier molecular flexibility index (Phi) is 3.48. The summed E-state index contributed by atoms with van der Waals surface area (Å²) in [5.74, 6) is 0.596. The van der Waals surface area contributed by atoms with Gasteiger partial charge < -0.3 is 5.32 Å². The zero-order valence-corrected chi connectivity index (χ0v) is 11.1. The molecule has 20 heavy (non-hydrogen) atoms. The highest BCUT2D eigenvalue weighted by molar-refractivity contribution is 5.32. The Hall–Kier alpha value is -1.82. The van der Waals surface area contributed by atoms with Gasteiger partial charge in [0.1, 0.15) is 0 Å². The molecule has 0 radical (unpaired) electrons. The summed E-state index contributed by atoms with van der Waals surface area (Å²) >= 11 is 0. The summed E-state index contributed by atoms with van der Waals surface area (Å²) in [6.45, 7) is -1.82. The maximum absolute atomic E-state index is 12.5. The molecular formula is C14H16F2N4. The highest BCUT2D eigenvalue weighted by Crippen LogP contribution is 2.53. The smallest absolute Gasteiger partial charge is 0.314 e. The minimum atomic E-state index is -2.57. The van der Waals surface area contributed by atoms with Crippen molar-refractivity contribution >= 4 is 0 Å². The summed E-state index contributed by atoms with van der Waals surface area (Å²) in [6, 6.07) is 5.74. The maximum atomic E-state index is 12.5. The van der Waals surface area contributed by atoms with E-state index in [2.05, 4.69) is 21.5 Å². The van der Waals surface area contributed by atoms with E-state index in [4.69, 9.17) is 0 Å². The average Bonchev–Trinajstić information content (AvgIpc) is 3.08. The van der Waals surface area contributed by atoms with Crippen LogP contribution in [-0.4, -0.2) is 21.8 Å². The van der Waals surface area contributed by atoms with E-state index in [1.807, 2.05) is 19.3 Å². The summed E-state index contributed by atoms with van der Waals surface area (Å²) in [5, 5.41) is 6.98. The quantitative estimate of drug-likeness (QED) is 0.914. The first-order chi connectivity index (χ1) is 9.69. The van der Waals surface area contributed by atoms with Gasteiger partial charge in [0.05, 0.1) is 11.4 Å². The van der Waals surface area contributed by atoms with Gasteiger partial charge in [-0.05, 0) is 37.1 Å². The minimum absolute atomic E-state index is 0.243. The second-order valence-electron chi connectivity index (χ2n) is 5.06. The third-order valence-corrected chi connectivity index (χ3v) is 3.63. The monoisotopic (exact) mass is 278 g/mol. The Balaban J connectivity index is 1.68. The lowest BCUT2D eigenvalue weighted by molar-refractivity contribution is 0.0562. The number of hydrogen-bond acceptors (Lipinski definition) is 3. The van der Waals surface area contributed by atoms with E-state index in [1.54, 1.807) is 6.07 Å². The molecule has 1 aliphatic rings. The Morgan fingerprint density at radius 1 is 1.35 bits per heavy atom. The molecule has 0 aromatic carbocycles. The van der Waals surface area contributed by atoms with Crippen LogP contribution in [0.4, 0.5) is 8.78 Å². The second kappa shape index (κ2) is 5.28. The van der Waals surface area contributed by atoms with Crippen LogP contribution in [-0.2, 0) is 6.54 Å². The molecular weight excluding hydrogens is 262 g/mol. The number of aromatic nitrogens is 3. The Morgan fingerprint density at radius 3 is 2.80 bits per heavy atom. The number of alkyl halides is 2. The van der Waals surface area contributed by atoms with Gasteiger partial charge in [0.25, 0.3) is 0 Å². The van der Waals surface area contributed by atoms with Gasteiger partial charge in [0, 0.05) is 24.9 Å². The van der Waals surface area contributed by atoms with Crippen LogP contribution in [0.1, 0.15) is 41.8 Å². The number of hydrogen-bond donors (Lipinski definition) is 1. The number of nitrogens with one attached hydrogen (secondary N) is 1. The highest BCUT2D eigenvalue weighted by Gasteiger charge is 2.41. The van der Waals surface area contributed by atoms with Crippen molar-refractivity contribution < 1.29 is 8.78 Å². The Labute approximate surface area is 115 Å². The summed E-state index contributed by atoms with van der Waals surface area (Å²) in [5.41, 5.74) is 2.89. The number of nitrogens with zero attached hydrogens (tertiary/aromatic N) is 3. The summed E-state index contributed by atoms with van der Waals surface area (Å²) in [6.07, 6.45) is 4.17. The summed E-state index contributed by atoms with van der Waals surface area (Å²) in [7, 11) is 1.88. The fourth-order valence-electron chi connectivity index (χ4n) is 2.49. The zero-order valence-electron chi connectivity index (χ0n) is 11.1. The van der Waals surface area contributed by atoms with Gasteiger partial charge in [-0.15, -0.1) is 0 Å². The molecule has 0 spiro atoms. The molecule has 6 heteroatoms. The largest absolute Gasteiger partial charge is 0.333 e. The molecule has 2 heterocycles. The van der Waals surface area contributed by atoms with Crippen LogP contribution in [0.15, 0.2) is 30.6 Å². The third-order valence-electron chi connectivity index (χ3n) is 3.63. The third kappa shape index (κ3) is 2.56. The van der Waals surface area contributed by atoms with Crippen molar-refractivity contribution in [1.82, 2.24) is 20.1 Å². The van der Waals surface area contributed by atoms with E-state index in [9.17, 15) is 8.78 Å². The van der Waals surface area contributed by atoms with Gasteiger partial charge in [-0.1, -0.05) is 6.07 Å². The lowest BCUT2D eigenvalue weighted by Crippen LogP contribution is -2.06. The molecule has 1 aliphatic carbocycles. The van der Waals surface area contributed by atoms with E-state index in [0.29, 0.717) is 10.6 Å². The van der Waals surface area contributed by atoms with Crippen LogP contribution in [0.2, 0.25) is 0 Å². The molecule has 4 nitrogen and oxygen atoms in total. The van der Waals surface area contributed by atoms with Crippen molar-refractivity contribution in [3.8, 4) is 0 Å². The molecule has 0 bridgehead atoms. The number of rotatable bonds is 5. The van der Waals surface area contributed by atoms with E-state index >= 15 is 0 Å². The summed E-state index contributed by atoms with van der Waals surface area (Å²) in [4.78, 5) is 4.38. The predicted octanol–water partition coefficient (Wildman–Crippen LogP) is 2.66. The van der Waals surface area contributed by atoms with Gasteiger partial charge in [0.15, 0.2) is 0 Å². The molecule has 0 unspecified atom stereocenters. The van der Waals surface area contributed by atoms with E-state index in [0.717, 1.165) is 29.9 Å². The minimum Gasteiger partial charge on any atom is -0.314 e. The van der Waals surface area contributed by atoms with Crippen molar-refractivity contribution in [3.05, 3.63) is 47.5 Å². The van der Waals surface area contributed by atoms with Crippen LogP contribution in [0.25, 0.3) is 0 Å². The first-order valence-electron chi connectivity index (χ1n) is 6.61. The fraction of sp³-hybridized carbons (Fsp3) is 0.429. The highest BCUT2D eigenvalue weighted by atomic mass is 19.3. The van der Waals surface area contributed by atoms with Gasteiger partial charge in [-0.3, -0.25) is 4.98 Å². The van der Waals surface area contributed by atoms with Gasteiger partial charge in [0.2, 0.25) is 0 Å². The molecule has 0 saturated heterocycles. The summed E-state index contributed by atoms with van der Waals surface area (Å²) < 4.78 is 25.7. The fourth-order valence-corrected chi connectivity index (χ4v) is 2.49. The van der Waals surface area contributed by atoms with Crippen molar-refractivity contribution in [2.75, 3.05) is 7.05 Å². The van der Waals surface area contributed by atoms with Crippen LogP contribution < -0.4 is 5.32 Å². The second-order valence-corrected chi connectivity index (χ2v) is 5.06. The number of halogens is 2. The van der Waals surface area contributed by atoms with Crippen molar-refractivity contribution in [1.29, 1.82) is 0 Å². The van der Waals surface area contributed by atoms with E-state index in [-0.39, 0.29) is 5.92 Å². The maximum Gasteiger partial charge on any atom is 0.333 e. The van der Waals surface area contributed by atoms with Crippen molar-refractivity contribution in [2.24, 2.45) is 0 Å². The molecule has 1 saturated carbocycles. The molecule has 1 fully saturated rings. The molecule has 0 aliphatic heterocycles. The van der Waals surface area contributed by atoms with Crippen molar-refractivity contribution in [3.63, 3.8) is 0 Å². The van der Waals surface area contributed by atoms with Gasteiger partial charge in [-0.25, -0.2) is 4.68 Å². The first-order valence-corrected chi connectivity index (χ1v) is 6.61. The van der Waals surface area contributed by atoms with Crippen LogP contribution in [0, 0.1) is 0 Å². The van der Waals surface area contributed by atoms with Crippen LogP contribution in [0.3, 0.4) is 0 Å². The van der Waals surface area contributed by atoms with E-state index in [1.165, 1.54) is 6.20 Å². The standard InChI is InChI=1S/C14H16F2N4/c1-17-8-10-3-2-9(7-18-10)11-6-12(11)13-4-5-20(19-13)14(15)16/h2-5,7,11-12,14,17H,6,8H2,1H3/t11-,12+/m0/s1. The molecule has 2 aromatic heterocycles. The van der Waals surface area contributed by atoms with Gasteiger partial charge in [-0.2, -0.15) is 13.9 Å². The van der Waals surface area contributed by atoms with Crippen molar-refractivity contribution in [2.45, 2.75) is 31.4 Å². The van der Waals surface area contributed by atoms with Crippen LogP contribution >= 0.6 is 0 Å². The number of pyridine rings is 1. The Morgan fingerprint density at radius 2 is 2.20 bits per heavy atom.